The van der Waals surface area contributed by atoms with Crippen molar-refractivity contribution in [2.24, 2.45) is 0 Å². The third kappa shape index (κ3) is 2.82. The fourth-order valence-corrected chi connectivity index (χ4v) is 2.04. The monoisotopic (exact) mass is 295 g/mol. The van der Waals surface area contributed by atoms with Crippen LogP contribution < -0.4 is 10.1 Å². The maximum atomic E-state index is 13.8. The topological polar surface area (TPSA) is 47.0 Å². The van der Waals surface area contributed by atoms with E-state index in [2.05, 4.69) is 15.3 Å². The van der Waals surface area contributed by atoms with E-state index in [-0.39, 0.29) is 11.5 Å². The fourth-order valence-electron chi connectivity index (χ4n) is 1.78. The minimum absolute atomic E-state index is 0.196. The molecule has 0 fully saturated rings. The van der Waals surface area contributed by atoms with Crippen LogP contribution in [0.15, 0.2) is 18.2 Å². The zero-order valence-corrected chi connectivity index (χ0v) is 12.3. The molecule has 4 nitrogen and oxygen atoms in total. The van der Waals surface area contributed by atoms with Gasteiger partial charge in [0.15, 0.2) is 17.5 Å². The van der Waals surface area contributed by atoms with Crippen LogP contribution in [-0.2, 0) is 0 Å². The molecule has 1 aromatic heterocycles. The molecule has 0 spiro atoms. The second kappa shape index (κ2) is 6.05. The Hall–Kier alpha value is -1.88. The first kappa shape index (κ1) is 14.5. The summed E-state index contributed by atoms with van der Waals surface area (Å²) >= 11 is 6.08. The van der Waals surface area contributed by atoms with Crippen LogP contribution in [0.2, 0.25) is 5.02 Å². The minimum Gasteiger partial charge on any atom is -0.495 e. The number of hydrogen-bond acceptors (Lipinski definition) is 4. The summed E-state index contributed by atoms with van der Waals surface area (Å²) in [6.45, 7) is 4.06. The highest BCUT2D eigenvalue weighted by Crippen LogP contribution is 2.29. The molecule has 1 N–H and O–H groups in total. The summed E-state index contributed by atoms with van der Waals surface area (Å²) in [5.41, 5.74) is 0.996. The number of hydrogen-bond donors (Lipinski definition) is 1. The zero-order chi connectivity index (χ0) is 14.7. The average molecular weight is 296 g/mol. The Bertz CT molecular complexity index is 634. The number of methoxy groups -OCH3 is 1. The molecular weight excluding hydrogens is 281 g/mol. The molecule has 0 aliphatic heterocycles. The summed E-state index contributed by atoms with van der Waals surface area (Å²) in [4.78, 5) is 8.35. The van der Waals surface area contributed by atoms with Gasteiger partial charge in [0.05, 0.1) is 17.8 Å². The smallest absolute Gasteiger partial charge is 0.186 e. The van der Waals surface area contributed by atoms with Gasteiger partial charge in [-0.2, -0.15) is 0 Å². The van der Waals surface area contributed by atoms with E-state index in [0.29, 0.717) is 28.7 Å². The predicted octanol–water partition coefficient (Wildman–Crippen LogP) is 3.68. The molecule has 0 bridgehead atoms. The lowest BCUT2D eigenvalue weighted by molar-refractivity contribution is 0.415. The highest BCUT2D eigenvalue weighted by atomic mass is 35.5. The number of nitrogens with one attached hydrogen (secondary N) is 1. The number of aromatic nitrogens is 2. The maximum Gasteiger partial charge on any atom is 0.186 e. The molecule has 20 heavy (non-hydrogen) atoms. The minimum atomic E-state index is -0.435. The molecule has 0 saturated heterocycles. The van der Waals surface area contributed by atoms with Crippen LogP contribution in [0.4, 0.5) is 10.2 Å². The van der Waals surface area contributed by atoms with E-state index in [1.807, 2.05) is 6.92 Å². The van der Waals surface area contributed by atoms with Crippen molar-refractivity contribution in [1.29, 1.82) is 0 Å². The first-order chi connectivity index (χ1) is 9.56. The van der Waals surface area contributed by atoms with Gasteiger partial charge in [0.1, 0.15) is 5.75 Å². The molecule has 6 heteroatoms. The van der Waals surface area contributed by atoms with Crippen molar-refractivity contribution < 1.29 is 9.13 Å². The van der Waals surface area contributed by atoms with E-state index in [1.165, 1.54) is 0 Å². The van der Waals surface area contributed by atoms with Crippen molar-refractivity contribution in [3.63, 3.8) is 0 Å². The summed E-state index contributed by atoms with van der Waals surface area (Å²) in [6.07, 6.45) is 0. The molecular formula is C14H15ClFN3O. The zero-order valence-electron chi connectivity index (χ0n) is 11.5. The van der Waals surface area contributed by atoms with Gasteiger partial charge in [0, 0.05) is 12.1 Å². The third-order valence-electron chi connectivity index (χ3n) is 2.77. The number of halogens is 2. The van der Waals surface area contributed by atoms with Crippen molar-refractivity contribution in [3.8, 4) is 17.1 Å². The van der Waals surface area contributed by atoms with Crippen LogP contribution in [0.1, 0.15) is 12.6 Å². The van der Waals surface area contributed by atoms with Crippen LogP contribution in [0.3, 0.4) is 0 Å². The third-order valence-corrected chi connectivity index (χ3v) is 3.07. The molecule has 0 saturated carbocycles. The van der Waals surface area contributed by atoms with Gasteiger partial charge >= 0.3 is 0 Å². The van der Waals surface area contributed by atoms with Gasteiger partial charge in [-0.25, -0.2) is 14.4 Å². The molecule has 2 rings (SSSR count). The molecule has 106 valence electrons. The first-order valence-electron chi connectivity index (χ1n) is 6.18. The fraction of sp³-hybridized carbons (Fsp3) is 0.286. The standard InChI is InChI=1S/C14H15ClFN3O/c1-4-17-14-12(16)8(2)18-13(19-14)9-5-6-11(20-3)10(15)7-9/h5-7H,4H2,1-3H3,(H,17,18,19). The van der Waals surface area contributed by atoms with Crippen molar-refractivity contribution in [2.75, 3.05) is 19.0 Å². The molecule has 1 heterocycles. The molecule has 0 unspecified atom stereocenters. The second-order valence-corrected chi connectivity index (χ2v) is 4.58. The van der Waals surface area contributed by atoms with Gasteiger partial charge in [-0.3, -0.25) is 0 Å². The lowest BCUT2D eigenvalue weighted by Gasteiger charge is -2.10. The molecule has 0 atom stereocenters. The number of aryl methyl sites for hydroxylation is 1. The Morgan fingerprint density at radius 1 is 1.35 bits per heavy atom. The number of benzene rings is 1. The van der Waals surface area contributed by atoms with E-state index in [4.69, 9.17) is 16.3 Å². The van der Waals surface area contributed by atoms with Crippen molar-refractivity contribution in [3.05, 3.63) is 34.7 Å². The molecule has 0 amide bonds. The Morgan fingerprint density at radius 3 is 2.70 bits per heavy atom. The van der Waals surface area contributed by atoms with Gasteiger partial charge in [0.25, 0.3) is 0 Å². The van der Waals surface area contributed by atoms with Crippen LogP contribution in [0.25, 0.3) is 11.4 Å². The Balaban J connectivity index is 2.49. The van der Waals surface area contributed by atoms with Crippen molar-refractivity contribution >= 4 is 17.4 Å². The Kier molecular flexibility index (Phi) is 4.39. The summed E-state index contributed by atoms with van der Waals surface area (Å²) in [7, 11) is 1.54. The molecule has 0 radical (unpaired) electrons. The molecule has 2 aromatic rings. The largest absolute Gasteiger partial charge is 0.495 e. The molecule has 1 aromatic carbocycles. The van der Waals surface area contributed by atoms with Crippen LogP contribution >= 0.6 is 11.6 Å². The predicted molar refractivity (Wildman–Crippen MR) is 77.9 cm³/mol. The van der Waals surface area contributed by atoms with Crippen LogP contribution in [0, 0.1) is 12.7 Å². The number of ether oxygens (including phenoxy) is 1. The van der Waals surface area contributed by atoms with Gasteiger partial charge in [-0.15, -0.1) is 0 Å². The van der Waals surface area contributed by atoms with E-state index in [0.717, 1.165) is 0 Å². The SMILES string of the molecule is CCNc1nc(-c2ccc(OC)c(Cl)c2)nc(C)c1F. The number of nitrogens with zero attached hydrogens (tertiary/aromatic N) is 2. The van der Waals surface area contributed by atoms with E-state index in [1.54, 1.807) is 32.2 Å². The van der Waals surface area contributed by atoms with Gasteiger partial charge in [0.2, 0.25) is 0 Å². The van der Waals surface area contributed by atoms with Crippen molar-refractivity contribution in [1.82, 2.24) is 9.97 Å². The van der Waals surface area contributed by atoms with Gasteiger partial charge < -0.3 is 10.1 Å². The highest BCUT2D eigenvalue weighted by Gasteiger charge is 2.13. The molecule has 0 aliphatic carbocycles. The van der Waals surface area contributed by atoms with E-state index in [9.17, 15) is 4.39 Å². The lowest BCUT2D eigenvalue weighted by atomic mass is 10.2. The maximum absolute atomic E-state index is 13.8. The van der Waals surface area contributed by atoms with Crippen molar-refractivity contribution in [2.45, 2.75) is 13.8 Å². The summed E-state index contributed by atoms with van der Waals surface area (Å²) < 4.78 is 18.9. The summed E-state index contributed by atoms with van der Waals surface area (Å²) in [5.74, 6) is 0.753. The van der Waals surface area contributed by atoms with Crippen LogP contribution in [0.5, 0.6) is 5.75 Å². The first-order valence-corrected chi connectivity index (χ1v) is 6.56. The van der Waals surface area contributed by atoms with E-state index < -0.39 is 5.82 Å². The molecule has 0 aliphatic rings. The van der Waals surface area contributed by atoms with Gasteiger partial charge in [-0.1, -0.05) is 11.6 Å². The Morgan fingerprint density at radius 2 is 2.10 bits per heavy atom. The van der Waals surface area contributed by atoms with Crippen LogP contribution in [-0.4, -0.2) is 23.6 Å². The number of anilines is 1. The summed E-state index contributed by atoms with van der Waals surface area (Å²) in [6, 6.07) is 5.21. The number of rotatable bonds is 4. The average Bonchev–Trinajstić information content (AvgIpc) is 2.43. The van der Waals surface area contributed by atoms with E-state index >= 15 is 0 Å². The summed E-state index contributed by atoms with van der Waals surface area (Å²) in [5, 5.41) is 3.34. The lowest BCUT2D eigenvalue weighted by Crippen LogP contribution is -2.06. The Labute approximate surface area is 122 Å². The highest BCUT2D eigenvalue weighted by molar-refractivity contribution is 6.32. The normalized spacial score (nSPS) is 10.4. The van der Waals surface area contributed by atoms with Gasteiger partial charge in [-0.05, 0) is 32.0 Å². The second-order valence-electron chi connectivity index (χ2n) is 4.17. The quantitative estimate of drug-likeness (QED) is 0.934.